The fraction of sp³-hybridized carbons (Fsp3) is 0.167. The molecule has 2 heteroatoms. The molecule has 0 N–H and O–H groups in total. The van der Waals surface area contributed by atoms with Gasteiger partial charge in [0.2, 0.25) is 0 Å². The van der Waals surface area contributed by atoms with Gasteiger partial charge in [-0.15, -0.1) is 10.5 Å². The first-order chi connectivity index (χ1) is 3.93. The summed E-state index contributed by atoms with van der Waals surface area (Å²) in [5, 5.41) is 5.01. The Balaban J connectivity index is 2.60. The fourth-order valence-electron chi connectivity index (χ4n) is 0.477. The van der Waals surface area contributed by atoms with Crippen LogP contribution in [0.2, 0.25) is 0 Å². The van der Waals surface area contributed by atoms with Crippen LogP contribution in [0, 0.1) is 0 Å². The van der Waals surface area contributed by atoms with Crippen LogP contribution in [0.5, 0.6) is 0 Å². The Morgan fingerprint density at radius 1 is 1.75 bits per heavy atom. The monoisotopic (exact) mass is 126 g/mol. The Morgan fingerprint density at radius 3 is 3.12 bits per heavy atom. The lowest BCUT2D eigenvalue weighted by atomic mass is 10.6. The van der Waals surface area contributed by atoms with Gasteiger partial charge in [-0.05, 0) is 17.6 Å². The lowest BCUT2D eigenvalue weighted by Crippen LogP contribution is -1.75. The first-order valence-corrected chi connectivity index (χ1v) is 3.78. The van der Waals surface area contributed by atoms with Crippen LogP contribution in [0.3, 0.4) is 0 Å². The fourth-order valence-corrected chi connectivity index (χ4v) is 1.43. The van der Waals surface area contributed by atoms with E-state index in [9.17, 15) is 4.79 Å². The van der Waals surface area contributed by atoms with Gasteiger partial charge >= 0.3 is 0 Å². The highest BCUT2D eigenvalue weighted by atomic mass is 32.2. The maximum atomic E-state index is 9.88. The molecule has 1 aliphatic heterocycles. The molecule has 1 rings (SSSR count). The Bertz CT molecular complexity index is 185. The predicted molar refractivity (Wildman–Crippen MR) is 37.2 cm³/mol. The normalized spacial score (nSPS) is 23.2. The van der Waals surface area contributed by atoms with E-state index in [2.05, 4.69) is 5.02 Å². The summed E-state index contributed by atoms with van der Waals surface area (Å²) in [5.41, 5.74) is 0. The van der Waals surface area contributed by atoms with Crippen molar-refractivity contribution in [1.82, 2.24) is 0 Å². The molecule has 0 aromatic carbocycles. The minimum absolute atomic E-state index is 0.0185. The third-order valence-electron chi connectivity index (χ3n) is 0.806. The highest BCUT2D eigenvalue weighted by Gasteiger charge is 1.87. The van der Waals surface area contributed by atoms with Gasteiger partial charge in [-0.25, -0.2) is 0 Å². The third-order valence-corrected chi connectivity index (χ3v) is 2.23. The Hall–Kier alpha value is -0.590. The number of carbonyl (C=O) groups is 1. The summed E-state index contributed by atoms with van der Waals surface area (Å²) in [4.78, 5) is 9.88. The SMILES string of the molecule is O=CCS1=C=CC=C1. The summed E-state index contributed by atoms with van der Waals surface area (Å²) in [6.45, 7) is 0. The van der Waals surface area contributed by atoms with Crippen molar-refractivity contribution in [2.24, 2.45) is 0 Å². The number of carbonyl (C=O) groups excluding carboxylic acids is 1. The average Bonchev–Trinajstić information content (AvgIpc) is 2.19. The van der Waals surface area contributed by atoms with Crippen LogP contribution in [-0.4, -0.2) is 17.1 Å². The molecule has 0 amide bonds. The van der Waals surface area contributed by atoms with E-state index in [0.29, 0.717) is 5.75 Å². The summed E-state index contributed by atoms with van der Waals surface area (Å²) in [5.74, 6) is 0.604. The molecule has 0 spiro atoms. The lowest BCUT2D eigenvalue weighted by molar-refractivity contribution is -0.105. The largest absolute Gasteiger partial charge is 0.302 e. The van der Waals surface area contributed by atoms with Gasteiger partial charge < -0.3 is 4.79 Å². The topological polar surface area (TPSA) is 17.1 Å². The number of hydrogen-bond donors (Lipinski definition) is 0. The van der Waals surface area contributed by atoms with Gasteiger partial charge in [-0.2, -0.15) is 0 Å². The number of hydrogen-bond acceptors (Lipinski definition) is 1. The van der Waals surface area contributed by atoms with Crippen molar-refractivity contribution >= 4 is 21.8 Å². The van der Waals surface area contributed by atoms with Crippen molar-refractivity contribution < 1.29 is 4.79 Å². The van der Waals surface area contributed by atoms with Crippen molar-refractivity contribution in [2.75, 3.05) is 5.75 Å². The molecular formula is C6H6OS. The van der Waals surface area contributed by atoms with Gasteiger partial charge in [-0.1, -0.05) is 5.02 Å². The quantitative estimate of drug-likeness (QED) is 0.397. The number of rotatable bonds is 2. The van der Waals surface area contributed by atoms with E-state index in [1.807, 2.05) is 17.6 Å². The molecule has 1 aliphatic rings. The minimum Gasteiger partial charge on any atom is -0.302 e. The minimum atomic E-state index is 0.0185. The molecule has 42 valence electrons. The summed E-state index contributed by atoms with van der Waals surface area (Å²) in [6.07, 6.45) is 4.71. The molecule has 0 radical (unpaired) electrons. The first kappa shape index (κ1) is 5.54. The third kappa shape index (κ3) is 1.19. The number of allylic oxidation sites excluding steroid dienone is 2. The smallest absolute Gasteiger partial charge is 0.130 e. The highest BCUT2D eigenvalue weighted by Crippen LogP contribution is 2.13. The van der Waals surface area contributed by atoms with Crippen molar-refractivity contribution in [3.8, 4) is 0 Å². The van der Waals surface area contributed by atoms with E-state index in [4.69, 9.17) is 0 Å². The zero-order chi connectivity index (χ0) is 5.82. The second-order valence-corrected chi connectivity index (χ2v) is 3.07. The molecule has 0 aromatic heterocycles. The van der Waals surface area contributed by atoms with E-state index in [-0.39, 0.29) is 10.5 Å². The molecule has 1 unspecified atom stereocenters. The predicted octanol–water partition coefficient (Wildman–Crippen LogP) is 0.939. The standard InChI is InChI=1S/C6H6OS/c7-3-6-8-4-1-2-5-8/h1-4H,6H2. The maximum absolute atomic E-state index is 9.88. The maximum Gasteiger partial charge on any atom is 0.130 e. The first-order valence-electron chi connectivity index (χ1n) is 2.33. The average molecular weight is 126 g/mol. The Kier molecular flexibility index (Phi) is 1.84. The lowest BCUT2D eigenvalue weighted by Gasteiger charge is -1.83. The molecule has 0 aromatic rings. The molecule has 0 saturated heterocycles. The molecule has 0 bridgehead atoms. The second kappa shape index (κ2) is 2.65. The molecular weight excluding hydrogens is 120 g/mol. The van der Waals surface area contributed by atoms with Gasteiger partial charge in [0.25, 0.3) is 0 Å². The van der Waals surface area contributed by atoms with Crippen LogP contribution in [0.1, 0.15) is 0 Å². The van der Waals surface area contributed by atoms with Crippen molar-refractivity contribution in [3.63, 3.8) is 0 Å². The highest BCUT2D eigenvalue weighted by molar-refractivity contribution is 8.17. The van der Waals surface area contributed by atoms with Gasteiger partial charge in [-0.3, -0.25) is 0 Å². The van der Waals surface area contributed by atoms with Crippen molar-refractivity contribution in [3.05, 3.63) is 17.6 Å². The molecule has 0 fully saturated rings. The molecule has 8 heavy (non-hydrogen) atoms. The molecule has 1 heterocycles. The van der Waals surface area contributed by atoms with Crippen LogP contribution in [0.4, 0.5) is 0 Å². The molecule has 1 nitrogen and oxygen atoms in total. The van der Waals surface area contributed by atoms with Crippen molar-refractivity contribution in [1.29, 1.82) is 0 Å². The van der Waals surface area contributed by atoms with Crippen LogP contribution in [0.15, 0.2) is 17.6 Å². The summed E-state index contributed by atoms with van der Waals surface area (Å²) in [6, 6.07) is 0. The zero-order valence-corrected chi connectivity index (χ0v) is 5.15. The van der Waals surface area contributed by atoms with Crippen molar-refractivity contribution in [2.45, 2.75) is 0 Å². The van der Waals surface area contributed by atoms with Gasteiger partial charge in [0.1, 0.15) is 6.29 Å². The Labute approximate surface area is 50.6 Å². The van der Waals surface area contributed by atoms with Crippen LogP contribution in [0.25, 0.3) is 0 Å². The van der Waals surface area contributed by atoms with Crippen LogP contribution < -0.4 is 0 Å². The van der Waals surface area contributed by atoms with E-state index < -0.39 is 0 Å². The van der Waals surface area contributed by atoms with E-state index >= 15 is 0 Å². The molecule has 0 aliphatic carbocycles. The van der Waals surface area contributed by atoms with E-state index in [0.717, 1.165) is 6.29 Å². The zero-order valence-electron chi connectivity index (χ0n) is 4.33. The Morgan fingerprint density at radius 2 is 2.62 bits per heavy atom. The van der Waals surface area contributed by atoms with Gasteiger partial charge in [0.15, 0.2) is 0 Å². The van der Waals surface area contributed by atoms with Crippen LogP contribution in [-0.2, 0) is 4.79 Å². The molecule has 0 saturated carbocycles. The second-order valence-electron chi connectivity index (χ2n) is 1.38. The number of aldehydes is 1. The summed E-state index contributed by atoms with van der Waals surface area (Å²) in [7, 11) is 0.0185. The molecule has 1 atom stereocenters. The van der Waals surface area contributed by atoms with E-state index in [1.54, 1.807) is 0 Å². The summed E-state index contributed by atoms with van der Waals surface area (Å²) < 4.78 is 0. The van der Waals surface area contributed by atoms with Gasteiger partial charge in [0, 0.05) is 0 Å². The van der Waals surface area contributed by atoms with Crippen LogP contribution >= 0.6 is 10.5 Å². The summed E-state index contributed by atoms with van der Waals surface area (Å²) >= 11 is 0. The van der Waals surface area contributed by atoms with Gasteiger partial charge in [0.05, 0.1) is 5.75 Å². The van der Waals surface area contributed by atoms with E-state index in [1.165, 1.54) is 0 Å².